The SMILES string of the molecule is CCC(Cl)CCNC(=O)C1C2CCCCC21. The van der Waals surface area contributed by atoms with Crippen LogP contribution in [0.4, 0.5) is 0 Å². The standard InChI is InChI=1S/C13H22ClNO/c1-2-9(14)7-8-15-13(16)12-10-5-3-4-6-11(10)12/h9-12H,2-8H2,1H3,(H,15,16). The first kappa shape index (κ1) is 12.2. The van der Waals surface area contributed by atoms with Crippen LogP contribution in [0.3, 0.4) is 0 Å². The highest BCUT2D eigenvalue weighted by molar-refractivity contribution is 6.20. The van der Waals surface area contributed by atoms with Gasteiger partial charge in [0.25, 0.3) is 0 Å². The summed E-state index contributed by atoms with van der Waals surface area (Å²) < 4.78 is 0. The maximum absolute atomic E-state index is 11.9. The number of alkyl halides is 1. The first-order chi connectivity index (χ1) is 7.74. The molecular formula is C13H22ClNO. The van der Waals surface area contributed by atoms with Crippen molar-refractivity contribution >= 4 is 17.5 Å². The maximum Gasteiger partial charge on any atom is 0.223 e. The summed E-state index contributed by atoms with van der Waals surface area (Å²) in [5, 5.41) is 3.25. The molecule has 0 bridgehead atoms. The first-order valence-electron chi connectivity index (χ1n) is 6.65. The third-order valence-corrected chi connectivity index (χ3v) is 4.69. The molecule has 0 spiro atoms. The van der Waals surface area contributed by atoms with Crippen LogP contribution in [0.25, 0.3) is 0 Å². The second-order valence-electron chi connectivity index (χ2n) is 5.22. The molecular weight excluding hydrogens is 222 g/mol. The minimum atomic E-state index is 0.210. The van der Waals surface area contributed by atoms with Crippen molar-refractivity contribution in [3.63, 3.8) is 0 Å². The lowest BCUT2D eigenvalue weighted by atomic mass is 10.0. The van der Waals surface area contributed by atoms with E-state index in [9.17, 15) is 4.79 Å². The summed E-state index contributed by atoms with van der Waals surface area (Å²) in [5.41, 5.74) is 0. The number of carbonyl (C=O) groups is 1. The quantitative estimate of drug-likeness (QED) is 0.740. The fourth-order valence-electron chi connectivity index (χ4n) is 3.06. The molecule has 2 aliphatic carbocycles. The molecule has 3 heteroatoms. The Kier molecular flexibility index (Phi) is 4.12. The van der Waals surface area contributed by atoms with Crippen LogP contribution in [0.2, 0.25) is 0 Å². The second-order valence-corrected chi connectivity index (χ2v) is 5.84. The Balaban J connectivity index is 1.65. The molecule has 0 aliphatic heterocycles. The molecule has 1 amide bonds. The molecule has 1 N–H and O–H groups in total. The summed E-state index contributed by atoms with van der Waals surface area (Å²) in [6, 6.07) is 0. The number of amides is 1. The number of hydrogen-bond donors (Lipinski definition) is 1. The number of carbonyl (C=O) groups excluding carboxylic acids is 1. The Morgan fingerprint density at radius 3 is 2.56 bits per heavy atom. The molecule has 0 saturated heterocycles. The van der Waals surface area contributed by atoms with E-state index in [1.54, 1.807) is 0 Å². The fourth-order valence-corrected chi connectivity index (χ4v) is 3.16. The zero-order chi connectivity index (χ0) is 11.5. The summed E-state index contributed by atoms with van der Waals surface area (Å²) in [7, 11) is 0. The molecule has 2 aliphatic rings. The monoisotopic (exact) mass is 243 g/mol. The van der Waals surface area contributed by atoms with Crippen LogP contribution < -0.4 is 5.32 Å². The van der Waals surface area contributed by atoms with Crippen LogP contribution in [0.15, 0.2) is 0 Å². The summed E-state index contributed by atoms with van der Waals surface area (Å²) in [4.78, 5) is 11.9. The second kappa shape index (κ2) is 5.39. The average molecular weight is 244 g/mol. The molecule has 0 aromatic rings. The zero-order valence-electron chi connectivity index (χ0n) is 10.0. The van der Waals surface area contributed by atoms with Gasteiger partial charge >= 0.3 is 0 Å². The maximum atomic E-state index is 11.9. The van der Waals surface area contributed by atoms with E-state index in [2.05, 4.69) is 12.2 Å². The van der Waals surface area contributed by atoms with Crippen LogP contribution in [0.5, 0.6) is 0 Å². The van der Waals surface area contributed by atoms with Crippen molar-refractivity contribution in [1.29, 1.82) is 0 Å². The van der Waals surface area contributed by atoms with Crippen molar-refractivity contribution in [1.82, 2.24) is 5.32 Å². The number of halogens is 1. The average Bonchev–Trinajstić information content (AvgIpc) is 3.02. The van der Waals surface area contributed by atoms with Gasteiger partial charge in [-0.3, -0.25) is 4.79 Å². The van der Waals surface area contributed by atoms with Gasteiger partial charge in [0.1, 0.15) is 0 Å². The van der Waals surface area contributed by atoms with E-state index < -0.39 is 0 Å². The first-order valence-corrected chi connectivity index (χ1v) is 7.09. The van der Waals surface area contributed by atoms with Crippen molar-refractivity contribution in [2.24, 2.45) is 17.8 Å². The van der Waals surface area contributed by atoms with Crippen molar-refractivity contribution in [3.8, 4) is 0 Å². The zero-order valence-corrected chi connectivity index (χ0v) is 10.8. The highest BCUT2D eigenvalue weighted by atomic mass is 35.5. The molecule has 2 saturated carbocycles. The van der Waals surface area contributed by atoms with Gasteiger partial charge in [-0.1, -0.05) is 19.8 Å². The molecule has 92 valence electrons. The lowest BCUT2D eigenvalue weighted by Gasteiger charge is -2.07. The van der Waals surface area contributed by atoms with Crippen molar-refractivity contribution < 1.29 is 4.79 Å². The highest BCUT2D eigenvalue weighted by Gasteiger charge is 2.54. The molecule has 2 nitrogen and oxygen atoms in total. The minimum absolute atomic E-state index is 0.210. The number of rotatable bonds is 5. The number of fused-ring (bicyclic) bond motifs is 1. The van der Waals surface area contributed by atoms with Gasteiger partial charge in [-0.25, -0.2) is 0 Å². The van der Waals surface area contributed by atoms with E-state index in [1.807, 2.05) is 0 Å². The van der Waals surface area contributed by atoms with Gasteiger partial charge in [0.2, 0.25) is 5.91 Å². The van der Waals surface area contributed by atoms with Gasteiger partial charge in [0, 0.05) is 17.8 Å². The highest BCUT2D eigenvalue weighted by Crippen LogP contribution is 2.55. The molecule has 0 aromatic heterocycles. The largest absolute Gasteiger partial charge is 0.356 e. The summed E-state index contributed by atoms with van der Waals surface area (Å²) in [6.07, 6.45) is 7.07. The molecule has 0 heterocycles. The van der Waals surface area contributed by atoms with Crippen LogP contribution in [-0.4, -0.2) is 17.8 Å². The Hall–Kier alpha value is -0.240. The molecule has 0 aromatic carbocycles. The van der Waals surface area contributed by atoms with Crippen molar-refractivity contribution in [2.75, 3.05) is 6.54 Å². The summed E-state index contributed by atoms with van der Waals surface area (Å²) >= 11 is 6.01. The molecule has 3 unspecified atom stereocenters. The van der Waals surface area contributed by atoms with E-state index >= 15 is 0 Å². The summed E-state index contributed by atoms with van der Waals surface area (Å²) in [6.45, 7) is 2.83. The summed E-state index contributed by atoms with van der Waals surface area (Å²) in [5.74, 6) is 2.06. The third kappa shape index (κ3) is 2.71. The van der Waals surface area contributed by atoms with Gasteiger partial charge < -0.3 is 5.32 Å². The molecule has 0 radical (unpaired) electrons. The van der Waals surface area contributed by atoms with E-state index in [0.29, 0.717) is 17.8 Å². The lowest BCUT2D eigenvalue weighted by molar-refractivity contribution is -0.122. The molecule has 16 heavy (non-hydrogen) atoms. The number of hydrogen-bond acceptors (Lipinski definition) is 1. The predicted octanol–water partition coefficient (Wildman–Crippen LogP) is 2.95. The van der Waals surface area contributed by atoms with Crippen LogP contribution in [-0.2, 0) is 4.79 Å². The Morgan fingerprint density at radius 2 is 2.00 bits per heavy atom. The predicted molar refractivity (Wildman–Crippen MR) is 66.5 cm³/mol. The topological polar surface area (TPSA) is 29.1 Å². The van der Waals surface area contributed by atoms with Gasteiger partial charge in [0.15, 0.2) is 0 Å². The Bertz CT molecular complexity index is 244. The van der Waals surface area contributed by atoms with Crippen LogP contribution in [0, 0.1) is 17.8 Å². The van der Waals surface area contributed by atoms with Crippen molar-refractivity contribution in [2.45, 2.75) is 50.8 Å². The Morgan fingerprint density at radius 1 is 1.38 bits per heavy atom. The van der Waals surface area contributed by atoms with E-state index in [0.717, 1.165) is 19.4 Å². The van der Waals surface area contributed by atoms with Gasteiger partial charge in [-0.05, 0) is 37.5 Å². The fraction of sp³-hybridized carbons (Fsp3) is 0.923. The van der Waals surface area contributed by atoms with E-state index in [1.165, 1.54) is 25.7 Å². The third-order valence-electron chi connectivity index (χ3n) is 4.16. The lowest BCUT2D eigenvalue weighted by Crippen LogP contribution is -2.28. The Labute approximate surface area is 103 Å². The van der Waals surface area contributed by atoms with Gasteiger partial charge in [-0.15, -0.1) is 11.6 Å². The van der Waals surface area contributed by atoms with Crippen LogP contribution in [0.1, 0.15) is 45.4 Å². The normalized spacial score (nSPS) is 34.0. The number of nitrogens with one attached hydrogen (secondary N) is 1. The van der Waals surface area contributed by atoms with E-state index in [-0.39, 0.29) is 11.3 Å². The van der Waals surface area contributed by atoms with Crippen molar-refractivity contribution in [3.05, 3.63) is 0 Å². The minimum Gasteiger partial charge on any atom is -0.356 e. The van der Waals surface area contributed by atoms with Gasteiger partial charge in [-0.2, -0.15) is 0 Å². The molecule has 2 fully saturated rings. The van der Waals surface area contributed by atoms with E-state index in [4.69, 9.17) is 11.6 Å². The van der Waals surface area contributed by atoms with Crippen LogP contribution >= 0.6 is 11.6 Å². The molecule has 2 rings (SSSR count). The molecule has 3 atom stereocenters. The van der Waals surface area contributed by atoms with Gasteiger partial charge in [0.05, 0.1) is 0 Å². The smallest absolute Gasteiger partial charge is 0.223 e.